The van der Waals surface area contributed by atoms with Crippen molar-refractivity contribution < 1.29 is 28.8 Å². The van der Waals surface area contributed by atoms with Crippen LogP contribution in [0.25, 0.3) is 0 Å². The van der Waals surface area contributed by atoms with Crippen molar-refractivity contribution in [3.05, 3.63) is 110 Å². The SMILES string of the molecule is O=C(CN(C(=O)c1ccc(Cl)c(Cl)c1)N1C(=O)[C@H]2[C@H](C1=O)[C@H]1C=C[C@H]2C1)c1ccc(Oc2ccc([N+](=O)[O-])cc2)cc1. The molecule has 2 fully saturated rings. The number of benzene rings is 3. The molecule has 0 N–H and O–H groups in total. The molecule has 6 rings (SSSR count). The van der Waals surface area contributed by atoms with Crippen LogP contribution in [0.2, 0.25) is 10.0 Å². The smallest absolute Gasteiger partial charge is 0.273 e. The zero-order valence-corrected chi connectivity index (χ0v) is 23.2. The normalized spacial score (nSPS) is 21.9. The fourth-order valence-corrected chi connectivity index (χ4v) is 6.14. The number of nitro benzene ring substituents is 1. The number of rotatable bonds is 8. The number of hydrogen-bond donors (Lipinski definition) is 0. The van der Waals surface area contributed by atoms with E-state index < -0.39 is 46.8 Å². The Morgan fingerprint density at radius 3 is 1.95 bits per heavy atom. The van der Waals surface area contributed by atoms with Gasteiger partial charge in [0.1, 0.15) is 18.0 Å². The monoisotopic (exact) mass is 605 g/mol. The number of allylic oxidation sites excluding steroid dienone is 2. The number of hydrogen-bond acceptors (Lipinski definition) is 7. The maximum absolute atomic E-state index is 13.7. The van der Waals surface area contributed by atoms with Crippen LogP contribution in [0.5, 0.6) is 11.5 Å². The fourth-order valence-electron chi connectivity index (χ4n) is 5.84. The average Bonchev–Trinajstić information content (AvgIpc) is 3.67. The van der Waals surface area contributed by atoms with Gasteiger partial charge >= 0.3 is 0 Å². The summed E-state index contributed by atoms with van der Waals surface area (Å²) in [5.41, 5.74) is 0.188. The molecule has 12 heteroatoms. The van der Waals surface area contributed by atoms with Crippen molar-refractivity contribution in [2.24, 2.45) is 23.7 Å². The summed E-state index contributed by atoms with van der Waals surface area (Å²) in [6, 6.07) is 15.7. The van der Waals surface area contributed by atoms with Gasteiger partial charge in [0.15, 0.2) is 5.78 Å². The highest BCUT2D eigenvalue weighted by Gasteiger charge is 2.61. The molecule has 212 valence electrons. The van der Waals surface area contributed by atoms with Gasteiger partial charge in [0.05, 0.1) is 26.8 Å². The first-order valence-electron chi connectivity index (χ1n) is 13.0. The first-order valence-corrected chi connectivity index (χ1v) is 13.8. The Hall–Kier alpha value is -4.54. The van der Waals surface area contributed by atoms with Crippen molar-refractivity contribution in [2.75, 3.05) is 6.54 Å². The number of carbonyl (C=O) groups is 4. The number of non-ortho nitro benzene ring substituents is 1. The molecular weight excluding hydrogens is 585 g/mol. The lowest BCUT2D eigenvalue weighted by molar-refractivity contribution is -0.384. The van der Waals surface area contributed by atoms with Crippen molar-refractivity contribution in [2.45, 2.75) is 6.42 Å². The number of imide groups is 1. The molecule has 42 heavy (non-hydrogen) atoms. The van der Waals surface area contributed by atoms with E-state index in [1.165, 1.54) is 66.7 Å². The minimum Gasteiger partial charge on any atom is -0.457 e. The van der Waals surface area contributed by atoms with E-state index in [2.05, 4.69) is 0 Å². The molecule has 3 amide bonds. The average molecular weight is 606 g/mol. The van der Waals surface area contributed by atoms with Gasteiger partial charge in [-0.05, 0) is 72.9 Å². The molecule has 1 heterocycles. The minimum atomic E-state index is -0.748. The maximum atomic E-state index is 13.7. The van der Waals surface area contributed by atoms with Crippen LogP contribution in [0.3, 0.4) is 0 Å². The van der Waals surface area contributed by atoms with E-state index in [9.17, 15) is 29.3 Å². The Kier molecular flexibility index (Phi) is 7.04. The van der Waals surface area contributed by atoms with Crippen molar-refractivity contribution in [1.29, 1.82) is 0 Å². The van der Waals surface area contributed by atoms with Gasteiger partial charge in [0.2, 0.25) is 0 Å². The summed E-state index contributed by atoms with van der Waals surface area (Å²) in [6.07, 6.45) is 4.60. The highest BCUT2D eigenvalue weighted by Crippen LogP contribution is 2.52. The molecule has 1 saturated carbocycles. The zero-order valence-electron chi connectivity index (χ0n) is 21.7. The summed E-state index contributed by atoms with van der Waals surface area (Å²) in [4.78, 5) is 64.6. The van der Waals surface area contributed by atoms with Gasteiger partial charge in [-0.1, -0.05) is 35.4 Å². The zero-order chi connectivity index (χ0) is 29.7. The van der Waals surface area contributed by atoms with Crippen molar-refractivity contribution in [1.82, 2.24) is 10.0 Å². The van der Waals surface area contributed by atoms with Gasteiger partial charge in [0, 0.05) is 23.3 Å². The summed E-state index contributed by atoms with van der Waals surface area (Å²) in [7, 11) is 0. The summed E-state index contributed by atoms with van der Waals surface area (Å²) in [6.45, 7) is -0.582. The molecule has 2 aliphatic carbocycles. The summed E-state index contributed by atoms with van der Waals surface area (Å²) in [5, 5.41) is 12.9. The van der Waals surface area contributed by atoms with Crippen LogP contribution in [-0.2, 0) is 9.59 Å². The number of nitrogens with zero attached hydrogens (tertiary/aromatic N) is 3. The molecule has 1 aliphatic heterocycles. The molecule has 1 saturated heterocycles. The lowest BCUT2D eigenvalue weighted by Crippen LogP contribution is -2.52. The number of halogens is 2. The largest absolute Gasteiger partial charge is 0.457 e. The molecule has 0 unspecified atom stereocenters. The van der Waals surface area contributed by atoms with Crippen LogP contribution in [0, 0.1) is 33.8 Å². The maximum Gasteiger partial charge on any atom is 0.273 e. The van der Waals surface area contributed by atoms with E-state index >= 15 is 0 Å². The molecular formula is C30H21Cl2N3O7. The Labute approximate surface area is 249 Å². The predicted octanol–water partition coefficient (Wildman–Crippen LogP) is 5.74. The van der Waals surface area contributed by atoms with E-state index in [0.717, 1.165) is 10.0 Å². The first-order chi connectivity index (χ1) is 20.1. The molecule has 3 aromatic rings. The van der Waals surface area contributed by atoms with Crippen LogP contribution in [0.1, 0.15) is 27.1 Å². The first kappa shape index (κ1) is 27.6. The second-order valence-electron chi connectivity index (χ2n) is 10.3. The van der Waals surface area contributed by atoms with E-state index in [1.807, 2.05) is 12.2 Å². The quantitative estimate of drug-likeness (QED) is 0.105. The number of amides is 3. The number of nitro groups is 1. The molecule has 4 atom stereocenters. The topological polar surface area (TPSA) is 127 Å². The van der Waals surface area contributed by atoms with Crippen molar-refractivity contribution in [3.8, 4) is 11.5 Å². The van der Waals surface area contributed by atoms with Gasteiger partial charge in [-0.3, -0.25) is 29.3 Å². The lowest BCUT2D eigenvalue weighted by atomic mass is 9.85. The lowest BCUT2D eigenvalue weighted by Gasteiger charge is -2.31. The van der Waals surface area contributed by atoms with Crippen LogP contribution in [0.4, 0.5) is 5.69 Å². The molecule has 3 aliphatic rings. The van der Waals surface area contributed by atoms with E-state index in [-0.39, 0.29) is 38.7 Å². The number of ketones is 1. The Balaban J connectivity index is 1.24. The molecule has 10 nitrogen and oxygen atoms in total. The molecule has 0 aromatic heterocycles. The molecule has 0 spiro atoms. The molecule has 2 bridgehead atoms. The van der Waals surface area contributed by atoms with Crippen molar-refractivity contribution >= 4 is 52.4 Å². The van der Waals surface area contributed by atoms with Gasteiger partial charge in [0.25, 0.3) is 23.4 Å². The standard InChI is InChI=1S/C30H21Cl2N3O7/c31-23-12-5-19(14-24(23)32)28(37)33(34-29(38)26-17-1-2-18(13-17)27(26)30(34)39)15-25(36)16-3-8-21(9-4-16)42-22-10-6-20(7-11-22)35(40)41/h1-12,14,17-18,26-27H,13,15H2/t17-,18-,26+,27+/m0/s1. The summed E-state index contributed by atoms with van der Waals surface area (Å²) in [5.74, 6) is -2.85. The second kappa shape index (κ2) is 10.7. The van der Waals surface area contributed by atoms with E-state index in [0.29, 0.717) is 17.9 Å². The number of hydrazine groups is 1. The molecule has 0 radical (unpaired) electrons. The van der Waals surface area contributed by atoms with Gasteiger partial charge in [-0.15, -0.1) is 0 Å². The van der Waals surface area contributed by atoms with Crippen LogP contribution >= 0.6 is 23.2 Å². The predicted molar refractivity (Wildman–Crippen MR) is 151 cm³/mol. The Morgan fingerprint density at radius 1 is 0.857 bits per heavy atom. The third-order valence-corrected chi connectivity index (χ3v) is 8.58. The summed E-state index contributed by atoms with van der Waals surface area (Å²) < 4.78 is 5.70. The Bertz CT molecular complexity index is 1640. The number of ether oxygens (including phenoxy) is 1. The highest BCUT2D eigenvalue weighted by atomic mass is 35.5. The number of Topliss-reactive ketones (excluding diaryl/α,β-unsaturated/α-hetero) is 1. The van der Waals surface area contributed by atoms with Crippen LogP contribution in [0.15, 0.2) is 78.9 Å². The fraction of sp³-hybridized carbons (Fsp3) is 0.200. The molecule has 3 aromatic carbocycles. The third-order valence-electron chi connectivity index (χ3n) is 7.84. The highest BCUT2D eigenvalue weighted by molar-refractivity contribution is 6.42. The Morgan fingerprint density at radius 2 is 1.40 bits per heavy atom. The van der Waals surface area contributed by atoms with Gasteiger partial charge in [-0.25, -0.2) is 5.01 Å². The van der Waals surface area contributed by atoms with E-state index in [4.69, 9.17) is 27.9 Å². The van der Waals surface area contributed by atoms with E-state index in [1.54, 1.807) is 0 Å². The minimum absolute atomic E-state index is 0.0582. The van der Waals surface area contributed by atoms with Crippen LogP contribution < -0.4 is 4.74 Å². The number of fused-ring (bicyclic) bond motifs is 5. The van der Waals surface area contributed by atoms with Gasteiger partial charge < -0.3 is 4.74 Å². The second-order valence-corrected chi connectivity index (χ2v) is 11.1. The van der Waals surface area contributed by atoms with Crippen molar-refractivity contribution in [3.63, 3.8) is 0 Å². The number of carbonyl (C=O) groups excluding carboxylic acids is 4. The van der Waals surface area contributed by atoms with Gasteiger partial charge in [-0.2, -0.15) is 5.01 Å². The summed E-state index contributed by atoms with van der Waals surface area (Å²) >= 11 is 12.1. The third kappa shape index (κ3) is 4.82. The van der Waals surface area contributed by atoms with Crippen LogP contribution in [-0.4, -0.2) is 45.0 Å².